The van der Waals surface area contributed by atoms with Crippen molar-refractivity contribution in [1.29, 1.82) is 0 Å². The van der Waals surface area contributed by atoms with Crippen molar-refractivity contribution in [2.45, 2.75) is 66.5 Å². The van der Waals surface area contributed by atoms with Crippen LogP contribution in [0.2, 0.25) is 0 Å². The maximum absolute atomic E-state index is 13.1. The van der Waals surface area contributed by atoms with E-state index in [0.717, 1.165) is 65.6 Å². The van der Waals surface area contributed by atoms with Gasteiger partial charge in [-0.05, 0) is 77.8 Å². The number of anilines is 1. The number of carbonyl (C=O) groups excluding carboxylic acids is 1. The summed E-state index contributed by atoms with van der Waals surface area (Å²) in [5.41, 5.74) is 6.96. The van der Waals surface area contributed by atoms with E-state index in [9.17, 15) is 4.79 Å². The fourth-order valence-corrected chi connectivity index (χ4v) is 5.33. The lowest BCUT2D eigenvalue weighted by Gasteiger charge is -2.38. The third-order valence-corrected chi connectivity index (χ3v) is 7.62. The number of aromatic nitrogens is 6. The number of piperazine rings is 1. The number of Topliss-reactive ketones (excluding diaryl/α,β-unsaturated/α-hetero) is 1. The highest BCUT2D eigenvalue weighted by Gasteiger charge is 2.22. The molecule has 0 saturated carbocycles. The van der Waals surface area contributed by atoms with Crippen molar-refractivity contribution in [3.63, 3.8) is 0 Å². The molecule has 0 bridgehead atoms. The summed E-state index contributed by atoms with van der Waals surface area (Å²) in [7, 11) is 0. The Morgan fingerprint density at radius 2 is 1.75 bits per heavy atom. The van der Waals surface area contributed by atoms with Gasteiger partial charge in [-0.15, -0.1) is 5.10 Å². The first-order chi connectivity index (χ1) is 19.0. The monoisotopic (exact) mass is 540 g/mol. The maximum atomic E-state index is 13.1. The van der Waals surface area contributed by atoms with Gasteiger partial charge in [0.05, 0.1) is 29.3 Å². The van der Waals surface area contributed by atoms with E-state index in [0.29, 0.717) is 11.7 Å². The number of benzene rings is 1. The number of carbonyl (C=O) groups is 1. The fraction of sp³-hybridized carbons (Fsp3) is 0.452. The van der Waals surface area contributed by atoms with Crippen LogP contribution >= 0.6 is 0 Å². The van der Waals surface area contributed by atoms with E-state index in [1.807, 2.05) is 61.4 Å². The number of hydrogen-bond donors (Lipinski definition) is 0. The molecule has 0 atom stereocenters. The van der Waals surface area contributed by atoms with Gasteiger partial charge in [0, 0.05) is 56.1 Å². The molecule has 0 N–H and O–H groups in total. The molecule has 0 aliphatic carbocycles. The topological polar surface area (TPSA) is 85.0 Å². The van der Waals surface area contributed by atoms with Gasteiger partial charge in [0.15, 0.2) is 5.78 Å². The minimum Gasteiger partial charge on any atom is -0.368 e. The first-order valence-electron chi connectivity index (χ1n) is 14.1. The number of hydrogen-bond acceptors (Lipinski definition) is 7. The molecule has 40 heavy (non-hydrogen) atoms. The van der Waals surface area contributed by atoms with Gasteiger partial charge in [-0.2, -0.15) is 5.10 Å². The molecule has 3 aromatic heterocycles. The highest BCUT2D eigenvalue weighted by Crippen LogP contribution is 2.25. The summed E-state index contributed by atoms with van der Waals surface area (Å²) in [4.78, 5) is 22.5. The zero-order valence-electron chi connectivity index (χ0n) is 24.7. The van der Waals surface area contributed by atoms with Gasteiger partial charge in [-0.25, -0.2) is 4.68 Å². The fourth-order valence-electron chi connectivity index (χ4n) is 5.33. The summed E-state index contributed by atoms with van der Waals surface area (Å²) in [6.45, 7) is 18.8. The summed E-state index contributed by atoms with van der Waals surface area (Å²) in [5, 5.41) is 13.5. The molecule has 0 spiro atoms. The molecule has 0 amide bonds. The van der Waals surface area contributed by atoms with Crippen molar-refractivity contribution in [3.05, 3.63) is 71.4 Å². The van der Waals surface area contributed by atoms with E-state index in [2.05, 4.69) is 70.9 Å². The minimum atomic E-state index is -0.178. The van der Waals surface area contributed by atoms with Crippen molar-refractivity contribution in [2.75, 3.05) is 31.1 Å². The molecule has 5 rings (SSSR count). The Morgan fingerprint density at radius 3 is 2.42 bits per heavy atom. The lowest BCUT2D eigenvalue weighted by atomic mass is 10.0. The number of pyridine rings is 1. The Bertz CT molecular complexity index is 1500. The Balaban J connectivity index is 1.33. The third kappa shape index (κ3) is 5.84. The highest BCUT2D eigenvalue weighted by atomic mass is 16.1. The average molecular weight is 541 g/mol. The van der Waals surface area contributed by atoms with E-state index in [4.69, 9.17) is 0 Å². The summed E-state index contributed by atoms with van der Waals surface area (Å²) >= 11 is 0. The van der Waals surface area contributed by atoms with Gasteiger partial charge < -0.3 is 4.90 Å². The van der Waals surface area contributed by atoms with Crippen molar-refractivity contribution in [2.24, 2.45) is 0 Å². The summed E-state index contributed by atoms with van der Waals surface area (Å²) < 4.78 is 3.69. The van der Waals surface area contributed by atoms with E-state index in [-0.39, 0.29) is 17.7 Å². The molecule has 0 unspecified atom stereocenters. The van der Waals surface area contributed by atoms with Gasteiger partial charge in [0.25, 0.3) is 0 Å². The molecule has 1 saturated heterocycles. The lowest BCUT2D eigenvalue weighted by molar-refractivity contribution is 0.0986. The predicted molar refractivity (Wildman–Crippen MR) is 158 cm³/mol. The molecule has 1 aromatic carbocycles. The van der Waals surface area contributed by atoms with Crippen LogP contribution in [0.15, 0.2) is 48.9 Å². The molecule has 1 fully saturated rings. The summed E-state index contributed by atoms with van der Waals surface area (Å²) in [6, 6.07) is 10.6. The van der Waals surface area contributed by atoms with Crippen LogP contribution in [0.25, 0.3) is 16.9 Å². The molecular weight excluding hydrogens is 500 g/mol. The van der Waals surface area contributed by atoms with Crippen LogP contribution in [-0.2, 0) is 12.0 Å². The standard InChI is InChI=1S/C31H40N8O/c1-21(2)36-10-12-37(13-11-36)26-17-25(18-32-19-26)28-20-38(35-33-28)29-15-24(9-8-22(29)3)16-30(40)27-14-23(4)39(34-27)31(5,6)7/h8-9,14-15,17-21H,10-13,16H2,1-7H3. The predicted octanol–water partition coefficient (Wildman–Crippen LogP) is 4.85. The van der Waals surface area contributed by atoms with Crippen LogP contribution < -0.4 is 4.90 Å². The van der Waals surface area contributed by atoms with Crippen LogP contribution in [0.5, 0.6) is 0 Å². The van der Waals surface area contributed by atoms with Gasteiger partial charge in [-0.1, -0.05) is 17.3 Å². The van der Waals surface area contributed by atoms with E-state index >= 15 is 0 Å². The quantitative estimate of drug-likeness (QED) is 0.310. The zero-order chi connectivity index (χ0) is 28.6. The second kappa shape index (κ2) is 11.0. The number of nitrogens with zero attached hydrogens (tertiary/aromatic N) is 8. The largest absolute Gasteiger partial charge is 0.368 e. The molecule has 210 valence electrons. The summed E-state index contributed by atoms with van der Waals surface area (Å²) in [5.74, 6) is -0.00250. The van der Waals surface area contributed by atoms with Crippen molar-refractivity contribution >= 4 is 11.5 Å². The summed E-state index contributed by atoms with van der Waals surface area (Å²) in [6.07, 6.45) is 5.96. The molecule has 0 radical (unpaired) electrons. The van der Waals surface area contributed by atoms with Crippen LogP contribution in [0, 0.1) is 13.8 Å². The first kappa shape index (κ1) is 27.7. The number of ketones is 1. The van der Waals surface area contributed by atoms with E-state index < -0.39 is 0 Å². The van der Waals surface area contributed by atoms with Gasteiger partial charge >= 0.3 is 0 Å². The molecule has 4 aromatic rings. The zero-order valence-corrected chi connectivity index (χ0v) is 24.7. The normalized spacial score (nSPS) is 14.8. The van der Waals surface area contributed by atoms with Gasteiger partial charge in [0.1, 0.15) is 11.4 Å². The van der Waals surface area contributed by atoms with E-state index in [1.54, 1.807) is 4.68 Å². The maximum Gasteiger partial charge on any atom is 0.187 e. The van der Waals surface area contributed by atoms with Gasteiger partial charge in [-0.3, -0.25) is 19.4 Å². The number of aryl methyl sites for hydroxylation is 2. The van der Waals surface area contributed by atoms with E-state index in [1.165, 1.54) is 0 Å². The van der Waals surface area contributed by atoms with Gasteiger partial charge in [0.2, 0.25) is 0 Å². The third-order valence-electron chi connectivity index (χ3n) is 7.62. The highest BCUT2D eigenvalue weighted by molar-refractivity contribution is 5.96. The smallest absolute Gasteiger partial charge is 0.187 e. The Morgan fingerprint density at radius 1 is 1.00 bits per heavy atom. The minimum absolute atomic E-state index is 0.00250. The van der Waals surface area contributed by atoms with Crippen molar-refractivity contribution < 1.29 is 4.79 Å². The second-order valence-electron chi connectivity index (χ2n) is 12.1. The Kier molecular flexibility index (Phi) is 7.59. The van der Waals surface area contributed by atoms with Crippen LogP contribution in [0.1, 0.15) is 61.9 Å². The first-order valence-corrected chi connectivity index (χ1v) is 14.1. The van der Waals surface area contributed by atoms with Crippen LogP contribution in [0.3, 0.4) is 0 Å². The van der Waals surface area contributed by atoms with Crippen LogP contribution in [-0.4, -0.2) is 72.7 Å². The SMILES string of the molecule is Cc1ccc(CC(=O)c2cc(C)n(C(C)(C)C)n2)cc1-n1cc(-c2cncc(N3CCN(C(C)C)CC3)c2)nn1. The Hall–Kier alpha value is -3.85. The molecule has 1 aliphatic rings. The molecular formula is C31H40N8O. The molecule has 9 heteroatoms. The van der Waals surface area contributed by atoms with Crippen molar-refractivity contribution in [1.82, 2.24) is 34.7 Å². The number of rotatable bonds is 7. The lowest BCUT2D eigenvalue weighted by Crippen LogP contribution is -2.48. The second-order valence-corrected chi connectivity index (χ2v) is 12.1. The molecule has 1 aliphatic heterocycles. The molecule has 9 nitrogen and oxygen atoms in total. The Labute approximate surface area is 236 Å². The molecule has 4 heterocycles. The van der Waals surface area contributed by atoms with Crippen molar-refractivity contribution in [3.8, 4) is 16.9 Å². The average Bonchev–Trinajstić information content (AvgIpc) is 3.57. The van der Waals surface area contributed by atoms with Crippen LogP contribution in [0.4, 0.5) is 5.69 Å².